The van der Waals surface area contributed by atoms with Gasteiger partial charge in [-0.1, -0.05) is 25.1 Å². The molecule has 1 unspecified atom stereocenters. The summed E-state index contributed by atoms with van der Waals surface area (Å²) >= 11 is 0. The molecule has 0 saturated carbocycles. The van der Waals surface area contributed by atoms with Crippen molar-refractivity contribution in [2.75, 3.05) is 17.2 Å². The lowest BCUT2D eigenvalue weighted by molar-refractivity contribution is 0.0981. The Balaban J connectivity index is 1.78. The molecule has 4 rings (SSSR count). The number of nitrogen functional groups attached to an aromatic ring is 1. The summed E-state index contributed by atoms with van der Waals surface area (Å²) in [5.74, 6) is -0.00742. The number of carbonyl (C=O) groups excluding carboxylic acids is 1. The van der Waals surface area contributed by atoms with Crippen LogP contribution in [-0.2, 0) is 10.0 Å². The van der Waals surface area contributed by atoms with Gasteiger partial charge in [-0.3, -0.25) is 4.79 Å². The Hall–Kier alpha value is -3.97. The van der Waals surface area contributed by atoms with Crippen LogP contribution < -0.4 is 15.4 Å². The molecule has 1 saturated heterocycles. The number of aromatic nitrogens is 2. The number of sulfonamides is 1. The van der Waals surface area contributed by atoms with Crippen LogP contribution in [0.4, 0.5) is 11.6 Å². The average molecular weight is 491 g/mol. The van der Waals surface area contributed by atoms with Gasteiger partial charge in [-0.05, 0) is 62.1 Å². The zero-order valence-electron chi connectivity index (χ0n) is 19.7. The van der Waals surface area contributed by atoms with E-state index in [9.17, 15) is 13.2 Å². The summed E-state index contributed by atoms with van der Waals surface area (Å²) in [5, 5.41) is 8.72. The minimum absolute atomic E-state index is 0.0262. The molecule has 1 aliphatic rings. The summed E-state index contributed by atoms with van der Waals surface area (Å²) in [4.78, 5) is 23.9. The smallest absolute Gasteiger partial charge is 0.281 e. The first-order valence-electron chi connectivity index (χ1n) is 11.1. The summed E-state index contributed by atoms with van der Waals surface area (Å²) in [6.45, 7) is 6.95. The van der Waals surface area contributed by atoms with Gasteiger partial charge in [0, 0.05) is 23.8 Å². The largest absolute Gasteiger partial charge is 0.384 e. The number of anilines is 2. The third kappa shape index (κ3) is 4.95. The first kappa shape index (κ1) is 24.2. The molecule has 9 nitrogen and oxygen atoms in total. The normalized spacial score (nSPS) is 17.1. The predicted octanol–water partition coefficient (Wildman–Crippen LogP) is 3.34. The third-order valence-electron chi connectivity index (χ3n) is 6.03. The minimum atomic E-state index is -4.27. The summed E-state index contributed by atoms with van der Waals surface area (Å²) in [6, 6.07) is 14.7. The molecule has 0 spiro atoms. The maximum absolute atomic E-state index is 13.4. The van der Waals surface area contributed by atoms with Gasteiger partial charge in [-0.25, -0.2) is 14.7 Å². The lowest BCUT2D eigenvalue weighted by Crippen LogP contribution is -2.41. The minimum Gasteiger partial charge on any atom is -0.384 e. The summed E-state index contributed by atoms with van der Waals surface area (Å²) in [7, 11) is -4.27. The van der Waals surface area contributed by atoms with Crippen molar-refractivity contribution in [3.8, 4) is 17.2 Å². The van der Waals surface area contributed by atoms with Crippen molar-refractivity contribution in [3.63, 3.8) is 0 Å². The lowest BCUT2D eigenvalue weighted by Gasteiger charge is -2.33. The van der Waals surface area contributed by atoms with E-state index in [0.717, 1.165) is 12.0 Å². The molecule has 1 amide bonds. The van der Waals surface area contributed by atoms with Gasteiger partial charge in [0.05, 0.1) is 17.2 Å². The number of hydrogen-bond acceptors (Lipinski definition) is 8. The van der Waals surface area contributed by atoms with Gasteiger partial charge in [0.2, 0.25) is 0 Å². The lowest BCUT2D eigenvalue weighted by atomic mass is 9.97. The molecule has 0 bridgehead atoms. The first-order valence-corrected chi connectivity index (χ1v) is 12.6. The standard InChI is InChI=1S/C25H26N6O3S/c1-16-12-25(2,3)31(15-16)23-20(11-19(14-28-23)18-9-7-17(13-26)8-10-18)24(32)30-35(33,34)22-6-4-5-21(27)29-22/h4-11,14,16H,12,15H2,1-3H3,(H2,27,29)(H,30,32). The Morgan fingerprint density at radius 2 is 1.91 bits per heavy atom. The monoisotopic (exact) mass is 490 g/mol. The molecule has 0 aliphatic carbocycles. The number of pyridine rings is 2. The molecule has 1 aliphatic heterocycles. The summed E-state index contributed by atoms with van der Waals surface area (Å²) in [5.41, 5.74) is 7.35. The topological polar surface area (TPSA) is 142 Å². The van der Waals surface area contributed by atoms with Crippen LogP contribution in [0.3, 0.4) is 0 Å². The molecule has 180 valence electrons. The van der Waals surface area contributed by atoms with E-state index in [2.05, 4.69) is 41.5 Å². The van der Waals surface area contributed by atoms with Crippen molar-refractivity contribution in [1.82, 2.24) is 14.7 Å². The molecule has 35 heavy (non-hydrogen) atoms. The Bertz CT molecular complexity index is 1430. The van der Waals surface area contributed by atoms with Gasteiger partial charge in [0.25, 0.3) is 15.9 Å². The number of nitrogens with zero attached hydrogens (tertiary/aromatic N) is 4. The Morgan fingerprint density at radius 1 is 1.20 bits per heavy atom. The SMILES string of the molecule is CC1CN(c2ncc(-c3ccc(C#N)cc3)cc2C(=O)NS(=O)(=O)c2cccc(N)n2)C(C)(C)C1. The maximum Gasteiger partial charge on any atom is 0.281 e. The van der Waals surface area contributed by atoms with Crippen LogP contribution in [0, 0.1) is 17.2 Å². The second-order valence-electron chi connectivity index (χ2n) is 9.35. The van der Waals surface area contributed by atoms with Gasteiger partial charge in [0.15, 0.2) is 5.03 Å². The number of benzene rings is 1. The van der Waals surface area contributed by atoms with E-state index in [0.29, 0.717) is 29.4 Å². The Morgan fingerprint density at radius 3 is 2.51 bits per heavy atom. The number of nitrogens with two attached hydrogens (primary N) is 1. The van der Waals surface area contributed by atoms with E-state index < -0.39 is 15.9 Å². The van der Waals surface area contributed by atoms with Crippen LogP contribution in [0.1, 0.15) is 43.1 Å². The number of nitrogens with one attached hydrogen (secondary N) is 1. The van der Waals surface area contributed by atoms with E-state index in [1.54, 1.807) is 36.5 Å². The molecule has 3 aromatic rings. The highest BCUT2D eigenvalue weighted by Crippen LogP contribution is 2.38. The summed E-state index contributed by atoms with van der Waals surface area (Å²) in [6.07, 6.45) is 2.55. The molecule has 1 atom stereocenters. The molecule has 1 aromatic carbocycles. The van der Waals surface area contributed by atoms with Crippen molar-refractivity contribution in [2.24, 2.45) is 5.92 Å². The number of nitriles is 1. The van der Waals surface area contributed by atoms with Crippen molar-refractivity contribution in [3.05, 3.63) is 65.9 Å². The van der Waals surface area contributed by atoms with Gasteiger partial charge in [0.1, 0.15) is 11.6 Å². The van der Waals surface area contributed by atoms with Gasteiger partial charge >= 0.3 is 0 Å². The first-order chi connectivity index (χ1) is 16.5. The second kappa shape index (κ2) is 9.00. The highest BCUT2D eigenvalue weighted by Gasteiger charge is 2.39. The molecular formula is C25H26N6O3S. The van der Waals surface area contributed by atoms with Crippen LogP contribution in [-0.4, -0.2) is 36.4 Å². The van der Waals surface area contributed by atoms with Crippen LogP contribution in [0.5, 0.6) is 0 Å². The fraction of sp³-hybridized carbons (Fsp3) is 0.280. The van der Waals surface area contributed by atoms with Crippen LogP contribution in [0.25, 0.3) is 11.1 Å². The highest BCUT2D eigenvalue weighted by atomic mass is 32.2. The number of rotatable bonds is 5. The van der Waals surface area contributed by atoms with Gasteiger partial charge in [-0.2, -0.15) is 13.7 Å². The van der Waals surface area contributed by atoms with Crippen molar-refractivity contribution in [2.45, 2.75) is 37.8 Å². The third-order valence-corrected chi connectivity index (χ3v) is 7.27. The van der Waals surface area contributed by atoms with Crippen molar-refractivity contribution >= 4 is 27.6 Å². The molecule has 3 heterocycles. The fourth-order valence-corrected chi connectivity index (χ4v) is 5.45. The van der Waals surface area contributed by atoms with Gasteiger partial charge < -0.3 is 10.6 Å². The average Bonchev–Trinajstić information content (AvgIpc) is 3.10. The summed E-state index contributed by atoms with van der Waals surface area (Å²) < 4.78 is 27.9. The highest BCUT2D eigenvalue weighted by molar-refractivity contribution is 7.90. The Labute approximate surface area is 204 Å². The molecular weight excluding hydrogens is 464 g/mol. The zero-order chi connectivity index (χ0) is 25.4. The van der Waals surface area contributed by atoms with Gasteiger partial charge in [-0.15, -0.1) is 0 Å². The quantitative estimate of drug-likeness (QED) is 0.554. The Kier molecular flexibility index (Phi) is 6.21. The predicted molar refractivity (Wildman–Crippen MR) is 133 cm³/mol. The van der Waals surface area contributed by atoms with E-state index >= 15 is 0 Å². The number of carbonyl (C=O) groups is 1. The molecule has 3 N–H and O–H groups in total. The molecule has 1 fully saturated rings. The van der Waals surface area contributed by atoms with E-state index in [1.807, 2.05) is 4.90 Å². The number of amides is 1. The molecule has 10 heteroatoms. The van der Waals surface area contributed by atoms with Crippen LogP contribution in [0.2, 0.25) is 0 Å². The van der Waals surface area contributed by atoms with Crippen LogP contribution in [0.15, 0.2) is 59.8 Å². The number of hydrogen-bond donors (Lipinski definition) is 2. The van der Waals surface area contributed by atoms with Crippen molar-refractivity contribution < 1.29 is 13.2 Å². The van der Waals surface area contributed by atoms with Crippen LogP contribution >= 0.6 is 0 Å². The fourth-order valence-electron chi connectivity index (χ4n) is 4.50. The van der Waals surface area contributed by atoms with E-state index in [1.165, 1.54) is 18.2 Å². The molecule has 2 aromatic heterocycles. The van der Waals surface area contributed by atoms with E-state index in [-0.39, 0.29) is 21.9 Å². The second-order valence-corrected chi connectivity index (χ2v) is 11.0. The zero-order valence-corrected chi connectivity index (χ0v) is 20.5. The van der Waals surface area contributed by atoms with E-state index in [4.69, 9.17) is 11.0 Å². The molecule has 0 radical (unpaired) electrons. The van der Waals surface area contributed by atoms with Crippen molar-refractivity contribution in [1.29, 1.82) is 5.26 Å². The maximum atomic E-state index is 13.4.